The molecule has 6 N–H and O–H groups in total. The summed E-state index contributed by atoms with van der Waals surface area (Å²) in [5, 5.41) is 7.74. The Hall–Kier alpha value is -8.00. The summed E-state index contributed by atoms with van der Waals surface area (Å²) in [6.45, 7) is 12.2. The van der Waals surface area contributed by atoms with Crippen LogP contribution in [0.2, 0.25) is 0 Å². The van der Waals surface area contributed by atoms with Crippen molar-refractivity contribution in [3.8, 4) is 0 Å². The lowest BCUT2D eigenvalue weighted by Crippen LogP contribution is -2.51. The van der Waals surface area contributed by atoms with E-state index in [4.69, 9.17) is 20.4 Å². The molecule has 26 heteroatoms. The van der Waals surface area contributed by atoms with Crippen molar-refractivity contribution >= 4 is 76.9 Å². The molecular formula is C55H78F2N14O10. The lowest BCUT2D eigenvalue weighted by Gasteiger charge is -2.31. The van der Waals surface area contributed by atoms with E-state index in [-0.39, 0.29) is 55.7 Å². The number of amides is 9. The van der Waals surface area contributed by atoms with Crippen molar-refractivity contribution in [2.45, 2.75) is 123 Å². The van der Waals surface area contributed by atoms with E-state index in [0.717, 1.165) is 79.8 Å². The van der Waals surface area contributed by atoms with Crippen LogP contribution in [0.1, 0.15) is 110 Å². The van der Waals surface area contributed by atoms with Gasteiger partial charge in [-0.2, -0.15) is 10.4 Å². The van der Waals surface area contributed by atoms with Crippen LogP contribution >= 0.6 is 0 Å². The number of alkyl halides is 2. The standard InChI is InChI=1S/C38H48F2N10O5.C14H22N4O5.C3H8/c1-5-26-20-48(36(53)44-23-38(2,39)40)21-29(26)31-17-42-32-18-43-34-30(50(31)32)13-14-49(34)35(27-7-6-8-27)46(3)15-16-47(4)37(54)55-22-25-9-11-28(12-10-25)45-33(52)19-41-24-51;1-3-5-13(21)18(9-19)23-16-11(8-12(15)20)14(22)17-7-4-6-10(17)2;1-3-2/h9-14,17-18,24,26,29H,5-8,15-16,19-23H2,1-4H3,(H,41,51)(H,44,53)(H,45,52);3,5,9-11,16H,4,6-8H2,1-2H3,(H2,15,20);3H2,1-2H3/b;5-3-;. The van der Waals surface area contributed by atoms with Gasteiger partial charge < -0.3 is 46.0 Å². The number of allylic oxidation sites excluding steroid dienone is 2. The van der Waals surface area contributed by atoms with Crippen molar-refractivity contribution in [3.63, 3.8) is 0 Å². The van der Waals surface area contributed by atoms with Gasteiger partial charge >= 0.3 is 12.1 Å². The van der Waals surface area contributed by atoms with Crippen LogP contribution in [0.3, 0.4) is 0 Å². The number of imide groups is 1. The van der Waals surface area contributed by atoms with Gasteiger partial charge in [-0.3, -0.25) is 37.7 Å². The molecule has 7 rings (SSSR count). The van der Waals surface area contributed by atoms with Gasteiger partial charge in [0.25, 0.3) is 11.8 Å². The van der Waals surface area contributed by atoms with E-state index in [9.17, 15) is 47.1 Å². The van der Waals surface area contributed by atoms with Crippen molar-refractivity contribution in [3.05, 3.63) is 77.9 Å². The van der Waals surface area contributed by atoms with Gasteiger partial charge in [-0.05, 0) is 81.2 Å². The molecule has 81 heavy (non-hydrogen) atoms. The molecule has 3 aliphatic rings. The molecule has 3 fully saturated rings. The lowest BCUT2D eigenvalue weighted by atomic mass is 9.91. The highest BCUT2D eigenvalue weighted by atomic mass is 19.3. The average molecular weight is 1130 g/mol. The number of fused-ring (bicyclic) bond motifs is 3. The first-order chi connectivity index (χ1) is 38.7. The van der Waals surface area contributed by atoms with E-state index in [1.165, 1.54) is 23.0 Å². The Balaban J connectivity index is 0.000000387. The zero-order valence-corrected chi connectivity index (χ0v) is 47.5. The van der Waals surface area contributed by atoms with Crippen molar-refractivity contribution in [2.75, 3.05) is 65.2 Å². The number of rotatable bonds is 23. The minimum absolute atomic E-state index is 0.0472. The highest BCUT2D eigenvalue weighted by Crippen LogP contribution is 2.38. The van der Waals surface area contributed by atoms with E-state index in [1.807, 2.05) is 32.4 Å². The number of hydroxylamine groups is 3. The number of likely N-dealkylation sites (tertiary alicyclic amines) is 2. The zero-order valence-electron chi connectivity index (χ0n) is 47.5. The summed E-state index contributed by atoms with van der Waals surface area (Å²) in [4.78, 5) is 115. The van der Waals surface area contributed by atoms with Crippen LogP contribution in [0.15, 0.2) is 66.6 Å². The molecule has 0 spiro atoms. The summed E-state index contributed by atoms with van der Waals surface area (Å²) >= 11 is 0. The third kappa shape index (κ3) is 17.7. The average Bonchev–Trinajstić information content (AvgIpc) is 4.46. The number of halogens is 2. The molecule has 24 nitrogen and oxygen atoms in total. The van der Waals surface area contributed by atoms with Gasteiger partial charge in [0, 0.05) is 95.6 Å². The first-order valence-electron chi connectivity index (χ1n) is 27.2. The molecule has 1 saturated carbocycles. The summed E-state index contributed by atoms with van der Waals surface area (Å²) in [6, 6.07) is 7.39. The molecule has 2 aliphatic heterocycles. The number of hydrogen-bond acceptors (Lipinski definition) is 14. The predicted molar refractivity (Wildman–Crippen MR) is 298 cm³/mol. The quantitative estimate of drug-likeness (QED) is 0.0355. The Labute approximate surface area is 470 Å². The normalized spacial score (nSPS) is 17.0. The first-order valence-corrected chi connectivity index (χ1v) is 27.2. The third-order valence-electron chi connectivity index (χ3n) is 13.7. The summed E-state index contributed by atoms with van der Waals surface area (Å²) < 4.78 is 36.7. The molecule has 4 unspecified atom stereocenters. The number of likely N-dealkylation sites (N-methyl/N-ethyl adjacent to an activating group) is 2. The van der Waals surface area contributed by atoms with E-state index in [0.29, 0.717) is 55.5 Å². The second-order valence-corrected chi connectivity index (χ2v) is 20.3. The van der Waals surface area contributed by atoms with Crippen LogP contribution in [0.4, 0.5) is 24.1 Å². The van der Waals surface area contributed by atoms with Gasteiger partial charge in [0.2, 0.25) is 30.5 Å². The number of nitrogens with zero attached hydrogens (tertiary/aromatic N) is 9. The minimum atomic E-state index is -2.99. The number of benzene rings is 1. The molecule has 1 aromatic carbocycles. The van der Waals surface area contributed by atoms with E-state index >= 15 is 0 Å². The highest BCUT2D eigenvalue weighted by molar-refractivity contribution is 5.94. The maximum absolute atomic E-state index is 13.5. The number of urea groups is 1. The van der Waals surface area contributed by atoms with E-state index in [2.05, 4.69) is 61.1 Å². The molecule has 442 valence electrons. The zero-order chi connectivity index (χ0) is 59.4. The first kappa shape index (κ1) is 63.8. The summed E-state index contributed by atoms with van der Waals surface area (Å²) in [5.74, 6) is -4.06. The SMILES string of the molecule is C/C=C\C(=O)N(C=O)ONC(CC(N)=O)C(=O)N1CCCC1C.CCC.CCC1CN(C(=O)NCC(C)(F)F)CC1c1cnc2cnc3c(ccn3C(=C3CCC3)N(C)CCN(C)C(=O)OCc3ccc(NC(=O)CNC=O)cc3)n12. The van der Waals surface area contributed by atoms with Crippen molar-refractivity contribution in [2.24, 2.45) is 11.7 Å². The summed E-state index contributed by atoms with van der Waals surface area (Å²) in [5.41, 5.74) is 13.3. The second kappa shape index (κ2) is 30.5. The van der Waals surface area contributed by atoms with Crippen molar-refractivity contribution < 1.29 is 56.8 Å². The van der Waals surface area contributed by atoms with Crippen molar-refractivity contribution in [1.29, 1.82) is 0 Å². The van der Waals surface area contributed by atoms with Gasteiger partial charge in [-0.25, -0.2) is 28.3 Å². The maximum Gasteiger partial charge on any atom is 0.409 e. The number of carbonyl (C=O) groups excluding carboxylic acids is 8. The summed E-state index contributed by atoms with van der Waals surface area (Å²) in [7, 11) is 3.69. The number of aromatic nitrogens is 4. The van der Waals surface area contributed by atoms with Gasteiger partial charge in [0.15, 0.2) is 11.3 Å². The van der Waals surface area contributed by atoms with Crippen LogP contribution in [-0.4, -0.2) is 170 Å². The lowest BCUT2D eigenvalue weighted by molar-refractivity contribution is -0.210. The molecule has 3 aromatic heterocycles. The van der Waals surface area contributed by atoms with Gasteiger partial charge in [0.1, 0.15) is 18.5 Å². The largest absolute Gasteiger partial charge is 0.445 e. The van der Waals surface area contributed by atoms with Gasteiger partial charge in [-0.1, -0.05) is 51.8 Å². The van der Waals surface area contributed by atoms with Gasteiger partial charge in [0.05, 0.1) is 31.2 Å². The Morgan fingerprint density at radius 1 is 0.963 bits per heavy atom. The Kier molecular flexibility index (Phi) is 24.1. The Morgan fingerprint density at radius 2 is 1.67 bits per heavy atom. The number of hydrogen-bond donors (Lipinski definition) is 5. The monoisotopic (exact) mass is 1130 g/mol. The number of primary amides is 1. The number of nitrogens with one attached hydrogen (secondary N) is 4. The summed E-state index contributed by atoms with van der Waals surface area (Å²) in [6.07, 6.45) is 14.8. The molecule has 2 saturated heterocycles. The number of ether oxygens (including phenoxy) is 1. The molecule has 0 bridgehead atoms. The Bertz CT molecular complexity index is 2860. The Morgan fingerprint density at radius 3 is 2.26 bits per heavy atom. The van der Waals surface area contributed by atoms with E-state index < -0.39 is 42.4 Å². The molecule has 4 aromatic rings. The second-order valence-electron chi connectivity index (χ2n) is 20.3. The molecular weight excluding hydrogens is 1050 g/mol. The highest BCUT2D eigenvalue weighted by Gasteiger charge is 2.38. The minimum Gasteiger partial charge on any atom is -0.445 e. The number of anilines is 1. The fourth-order valence-corrected chi connectivity index (χ4v) is 9.40. The van der Waals surface area contributed by atoms with Crippen LogP contribution in [0, 0.1) is 5.92 Å². The number of nitrogens with two attached hydrogens (primary N) is 1. The fourth-order valence-electron chi connectivity index (χ4n) is 9.40. The van der Waals surface area contributed by atoms with Crippen LogP contribution in [0.25, 0.3) is 22.6 Å². The topological polar surface area (TPSA) is 280 Å². The molecule has 4 atom stereocenters. The molecule has 1 aliphatic carbocycles. The maximum atomic E-state index is 13.5. The van der Waals surface area contributed by atoms with Gasteiger partial charge in [-0.15, -0.1) is 5.06 Å². The van der Waals surface area contributed by atoms with Crippen molar-refractivity contribution in [1.82, 2.24) is 59.7 Å². The molecule has 9 amide bonds. The fraction of sp³-hybridized carbons (Fsp3) is 0.527. The molecule has 5 heterocycles. The third-order valence-corrected chi connectivity index (χ3v) is 13.7. The molecule has 0 radical (unpaired) electrons. The predicted octanol–water partition coefficient (Wildman–Crippen LogP) is 5.37. The number of imidazole rings is 1. The van der Waals surface area contributed by atoms with Crippen LogP contribution in [-0.2, 0) is 45.0 Å². The smallest absolute Gasteiger partial charge is 0.409 e. The number of carbonyl (C=O) groups is 8. The van der Waals surface area contributed by atoms with E-state index in [1.54, 1.807) is 54.2 Å². The van der Waals surface area contributed by atoms with Crippen LogP contribution in [0.5, 0.6) is 0 Å². The van der Waals surface area contributed by atoms with Crippen LogP contribution < -0.4 is 27.2 Å².